The van der Waals surface area contributed by atoms with E-state index in [4.69, 9.17) is 0 Å². The standard InChI is InChI=1S/C15H25N5/c1-5-7-16-8-6-15-12(2)18-20(13(15)3)11-14-9-17-19(4)10-14/h9-10,16H,5-8,11H2,1-4H3. The van der Waals surface area contributed by atoms with Gasteiger partial charge in [-0.1, -0.05) is 6.92 Å². The molecule has 0 saturated heterocycles. The van der Waals surface area contributed by atoms with Gasteiger partial charge in [0.25, 0.3) is 0 Å². The summed E-state index contributed by atoms with van der Waals surface area (Å²) in [4.78, 5) is 0. The van der Waals surface area contributed by atoms with Gasteiger partial charge in [0.2, 0.25) is 0 Å². The van der Waals surface area contributed by atoms with E-state index in [0.717, 1.165) is 31.7 Å². The van der Waals surface area contributed by atoms with Crippen LogP contribution in [0.15, 0.2) is 12.4 Å². The topological polar surface area (TPSA) is 47.7 Å². The molecule has 0 aliphatic rings. The van der Waals surface area contributed by atoms with Crippen molar-refractivity contribution < 1.29 is 0 Å². The molecule has 5 nitrogen and oxygen atoms in total. The molecular formula is C15H25N5. The Labute approximate surface area is 121 Å². The largest absolute Gasteiger partial charge is 0.316 e. The number of nitrogens with one attached hydrogen (secondary N) is 1. The number of aromatic nitrogens is 4. The van der Waals surface area contributed by atoms with Crippen LogP contribution in [0.25, 0.3) is 0 Å². The first-order valence-electron chi connectivity index (χ1n) is 7.33. The molecule has 0 aliphatic carbocycles. The van der Waals surface area contributed by atoms with Gasteiger partial charge in [-0.2, -0.15) is 10.2 Å². The fourth-order valence-corrected chi connectivity index (χ4v) is 2.49. The molecule has 0 radical (unpaired) electrons. The zero-order chi connectivity index (χ0) is 14.5. The SMILES string of the molecule is CCCNCCc1c(C)nn(Cc2cnn(C)c2)c1C. The third kappa shape index (κ3) is 3.48. The smallest absolute Gasteiger partial charge is 0.0693 e. The van der Waals surface area contributed by atoms with Crippen molar-refractivity contribution in [3.05, 3.63) is 34.9 Å². The van der Waals surface area contributed by atoms with E-state index in [-0.39, 0.29) is 0 Å². The maximum absolute atomic E-state index is 4.67. The Morgan fingerprint density at radius 3 is 2.70 bits per heavy atom. The predicted octanol–water partition coefficient (Wildman–Crippen LogP) is 1.82. The van der Waals surface area contributed by atoms with Crippen LogP contribution in [0.5, 0.6) is 0 Å². The van der Waals surface area contributed by atoms with Gasteiger partial charge in [0.15, 0.2) is 0 Å². The first kappa shape index (κ1) is 14.8. The molecule has 0 aromatic carbocycles. The number of hydrogen-bond acceptors (Lipinski definition) is 3. The van der Waals surface area contributed by atoms with Gasteiger partial charge < -0.3 is 5.32 Å². The zero-order valence-electron chi connectivity index (χ0n) is 13.0. The molecule has 110 valence electrons. The van der Waals surface area contributed by atoms with E-state index in [1.165, 1.54) is 23.2 Å². The normalized spacial score (nSPS) is 11.2. The van der Waals surface area contributed by atoms with E-state index < -0.39 is 0 Å². The Morgan fingerprint density at radius 2 is 2.05 bits per heavy atom. The Morgan fingerprint density at radius 1 is 1.25 bits per heavy atom. The summed E-state index contributed by atoms with van der Waals surface area (Å²) in [6, 6.07) is 0. The maximum atomic E-state index is 4.67. The van der Waals surface area contributed by atoms with Crippen molar-refractivity contribution in [1.82, 2.24) is 24.9 Å². The number of nitrogens with zero attached hydrogens (tertiary/aromatic N) is 4. The second kappa shape index (κ2) is 6.70. The number of hydrogen-bond donors (Lipinski definition) is 1. The predicted molar refractivity (Wildman–Crippen MR) is 80.9 cm³/mol. The van der Waals surface area contributed by atoms with Gasteiger partial charge in [0.1, 0.15) is 0 Å². The molecule has 0 aliphatic heterocycles. The Kier molecular flexibility index (Phi) is 4.95. The van der Waals surface area contributed by atoms with Crippen molar-refractivity contribution >= 4 is 0 Å². The van der Waals surface area contributed by atoms with Crippen molar-refractivity contribution in [2.24, 2.45) is 7.05 Å². The Balaban J connectivity index is 2.04. The van der Waals surface area contributed by atoms with Gasteiger partial charge in [-0.15, -0.1) is 0 Å². The molecule has 0 unspecified atom stereocenters. The van der Waals surface area contributed by atoms with Gasteiger partial charge in [-0.25, -0.2) is 0 Å². The number of aryl methyl sites for hydroxylation is 2. The molecule has 0 atom stereocenters. The molecule has 0 fully saturated rings. The highest BCUT2D eigenvalue weighted by Gasteiger charge is 2.11. The van der Waals surface area contributed by atoms with Gasteiger partial charge in [0.05, 0.1) is 18.4 Å². The van der Waals surface area contributed by atoms with Crippen LogP contribution in [-0.2, 0) is 20.0 Å². The summed E-state index contributed by atoms with van der Waals surface area (Å²) in [5.41, 5.74) is 4.97. The molecular weight excluding hydrogens is 250 g/mol. The van der Waals surface area contributed by atoms with Crippen LogP contribution in [0.2, 0.25) is 0 Å². The fourth-order valence-electron chi connectivity index (χ4n) is 2.49. The summed E-state index contributed by atoms with van der Waals surface area (Å²) < 4.78 is 3.91. The molecule has 5 heteroatoms. The van der Waals surface area contributed by atoms with Crippen molar-refractivity contribution in [3.63, 3.8) is 0 Å². The van der Waals surface area contributed by atoms with E-state index in [2.05, 4.69) is 41.0 Å². The zero-order valence-corrected chi connectivity index (χ0v) is 13.0. The van der Waals surface area contributed by atoms with Gasteiger partial charge in [-0.3, -0.25) is 9.36 Å². The minimum atomic E-state index is 0.795. The lowest BCUT2D eigenvalue weighted by Gasteiger charge is -2.05. The maximum Gasteiger partial charge on any atom is 0.0693 e. The first-order chi connectivity index (χ1) is 9.61. The summed E-state index contributed by atoms with van der Waals surface area (Å²) in [6.07, 6.45) is 6.17. The van der Waals surface area contributed by atoms with Crippen LogP contribution in [0.1, 0.15) is 35.9 Å². The molecule has 0 saturated carbocycles. The average molecular weight is 275 g/mol. The third-order valence-corrected chi connectivity index (χ3v) is 3.60. The molecule has 0 spiro atoms. The Bertz CT molecular complexity index is 553. The van der Waals surface area contributed by atoms with Gasteiger partial charge in [0, 0.05) is 24.5 Å². The fraction of sp³-hybridized carbons (Fsp3) is 0.600. The molecule has 2 aromatic rings. The monoisotopic (exact) mass is 275 g/mol. The van der Waals surface area contributed by atoms with Crippen LogP contribution in [-0.4, -0.2) is 32.7 Å². The van der Waals surface area contributed by atoms with E-state index in [1.54, 1.807) is 0 Å². The van der Waals surface area contributed by atoms with Crippen molar-refractivity contribution in [2.45, 2.75) is 40.2 Å². The Hall–Kier alpha value is -1.62. The summed E-state index contributed by atoms with van der Waals surface area (Å²) >= 11 is 0. The van der Waals surface area contributed by atoms with Crippen LogP contribution < -0.4 is 5.32 Å². The molecule has 2 rings (SSSR count). The summed E-state index contributed by atoms with van der Waals surface area (Å²) in [7, 11) is 1.94. The first-order valence-corrected chi connectivity index (χ1v) is 7.33. The van der Waals surface area contributed by atoms with E-state index in [9.17, 15) is 0 Å². The average Bonchev–Trinajstić information content (AvgIpc) is 2.93. The summed E-state index contributed by atoms with van der Waals surface area (Å²) in [5, 5.41) is 12.3. The molecule has 0 bridgehead atoms. The van der Waals surface area contributed by atoms with Crippen LogP contribution >= 0.6 is 0 Å². The van der Waals surface area contributed by atoms with Crippen molar-refractivity contribution in [3.8, 4) is 0 Å². The molecule has 2 aromatic heterocycles. The van der Waals surface area contributed by atoms with Crippen LogP contribution in [0.3, 0.4) is 0 Å². The number of rotatable bonds is 7. The summed E-state index contributed by atoms with van der Waals surface area (Å²) in [6.45, 7) is 9.35. The highest BCUT2D eigenvalue weighted by atomic mass is 15.3. The van der Waals surface area contributed by atoms with Gasteiger partial charge >= 0.3 is 0 Å². The highest BCUT2D eigenvalue weighted by Crippen LogP contribution is 2.15. The minimum absolute atomic E-state index is 0.795. The molecule has 0 amide bonds. The molecule has 2 heterocycles. The quantitative estimate of drug-likeness (QED) is 0.784. The molecule has 1 N–H and O–H groups in total. The van der Waals surface area contributed by atoms with Gasteiger partial charge in [-0.05, 0) is 45.3 Å². The third-order valence-electron chi connectivity index (χ3n) is 3.60. The van der Waals surface area contributed by atoms with E-state index >= 15 is 0 Å². The lowest BCUT2D eigenvalue weighted by Crippen LogP contribution is -2.18. The minimum Gasteiger partial charge on any atom is -0.316 e. The lowest BCUT2D eigenvalue weighted by atomic mass is 10.1. The van der Waals surface area contributed by atoms with Crippen molar-refractivity contribution in [2.75, 3.05) is 13.1 Å². The van der Waals surface area contributed by atoms with Crippen molar-refractivity contribution in [1.29, 1.82) is 0 Å². The second-order valence-electron chi connectivity index (χ2n) is 5.33. The lowest BCUT2D eigenvalue weighted by molar-refractivity contribution is 0.652. The highest BCUT2D eigenvalue weighted by molar-refractivity contribution is 5.25. The molecule has 20 heavy (non-hydrogen) atoms. The van der Waals surface area contributed by atoms with Crippen LogP contribution in [0, 0.1) is 13.8 Å². The van der Waals surface area contributed by atoms with E-state index in [0.29, 0.717) is 0 Å². The van der Waals surface area contributed by atoms with E-state index in [1.807, 2.05) is 24.1 Å². The summed E-state index contributed by atoms with van der Waals surface area (Å²) in [5.74, 6) is 0. The van der Waals surface area contributed by atoms with Crippen LogP contribution in [0.4, 0.5) is 0 Å². The second-order valence-corrected chi connectivity index (χ2v) is 5.33.